The Morgan fingerprint density at radius 2 is 1.70 bits per heavy atom. The zero-order valence-corrected chi connectivity index (χ0v) is 30.9. The van der Waals surface area contributed by atoms with Gasteiger partial charge in [-0.05, 0) is 146 Å². The molecule has 6 aliphatic carbocycles. The SMILES string of the molecule is C=C(C)[C@@H]1CC[C@]2(NC(C[N+](=O)[O-])C(F)(F)F)CC[C@]3(C)[C@H](CC[C@@H]4[C@@]5(C)CC=C(C6=CCC(CF)(C(=O)O)CC6)C(C)(C)[C@@H]5CC[C@]43C)[C@@H]12. The van der Waals surface area contributed by atoms with Crippen molar-refractivity contribution in [2.24, 2.45) is 56.7 Å². The maximum Gasteiger partial charge on any atom is 0.410 e. The zero-order chi connectivity index (χ0) is 36.9. The van der Waals surface area contributed by atoms with Gasteiger partial charge in [0.2, 0.25) is 6.54 Å². The normalized spacial score (nSPS) is 44.4. The van der Waals surface area contributed by atoms with Crippen molar-refractivity contribution in [2.75, 3.05) is 13.2 Å². The van der Waals surface area contributed by atoms with Gasteiger partial charge in [-0.15, -0.1) is 0 Å². The molecule has 2 N–H and O–H groups in total. The van der Waals surface area contributed by atoms with E-state index in [1.165, 1.54) is 11.1 Å². The lowest BCUT2D eigenvalue weighted by Crippen LogP contribution is -2.69. The summed E-state index contributed by atoms with van der Waals surface area (Å²) in [5, 5.41) is 24.1. The van der Waals surface area contributed by atoms with Crippen LogP contribution in [-0.2, 0) is 4.79 Å². The van der Waals surface area contributed by atoms with Crippen LogP contribution in [0.15, 0.2) is 35.5 Å². The molecule has 10 heteroatoms. The predicted octanol–water partition coefficient (Wildman–Crippen LogP) is 9.88. The molecule has 0 aromatic rings. The number of hydrogen-bond donors (Lipinski definition) is 2. The monoisotopic (exact) mass is 706 g/mol. The third kappa shape index (κ3) is 5.36. The molecule has 280 valence electrons. The fraction of sp³-hybridized carbons (Fsp3) is 0.825. The summed E-state index contributed by atoms with van der Waals surface area (Å²) >= 11 is 0. The minimum Gasteiger partial charge on any atom is -0.481 e. The summed E-state index contributed by atoms with van der Waals surface area (Å²) in [4.78, 5) is 22.5. The summed E-state index contributed by atoms with van der Waals surface area (Å²) in [6.45, 7) is 16.3. The Balaban J connectivity index is 1.33. The van der Waals surface area contributed by atoms with Gasteiger partial charge in [0.1, 0.15) is 6.67 Å². The Labute approximate surface area is 295 Å². The van der Waals surface area contributed by atoms with Crippen LogP contribution in [0.25, 0.3) is 0 Å². The molecule has 0 spiro atoms. The van der Waals surface area contributed by atoms with E-state index in [1.54, 1.807) is 0 Å². The average Bonchev–Trinajstić information content (AvgIpc) is 3.40. The zero-order valence-electron chi connectivity index (χ0n) is 30.9. The third-order valence-electron chi connectivity index (χ3n) is 16.5. The number of carbonyl (C=O) groups is 1. The molecule has 0 radical (unpaired) electrons. The van der Waals surface area contributed by atoms with Crippen LogP contribution in [0.5, 0.6) is 0 Å². The topological polar surface area (TPSA) is 92.5 Å². The van der Waals surface area contributed by atoms with E-state index in [2.05, 4.69) is 52.6 Å². The van der Waals surface area contributed by atoms with Gasteiger partial charge >= 0.3 is 12.1 Å². The molecular weight excluding hydrogens is 648 g/mol. The quantitative estimate of drug-likeness (QED) is 0.114. The Kier molecular flexibility index (Phi) is 9.12. The van der Waals surface area contributed by atoms with Gasteiger partial charge in [0, 0.05) is 10.5 Å². The van der Waals surface area contributed by atoms with Crippen LogP contribution >= 0.6 is 0 Å². The van der Waals surface area contributed by atoms with Gasteiger partial charge in [0.15, 0.2) is 6.04 Å². The molecule has 4 fully saturated rings. The molecule has 6 nitrogen and oxygen atoms in total. The lowest BCUT2D eigenvalue weighted by Gasteiger charge is -2.72. The first-order valence-corrected chi connectivity index (χ1v) is 18.9. The molecular formula is C40H58F4N2O4. The van der Waals surface area contributed by atoms with Crippen molar-refractivity contribution in [1.82, 2.24) is 5.32 Å². The van der Waals surface area contributed by atoms with Gasteiger partial charge in [-0.3, -0.25) is 20.2 Å². The number of allylic oxidation sites excluding steroid dienone is 5. The molecule has 0 aromatic heterocycles. The number of carboxylic acids is 1. The number of aliphatic carboxylic acids is 1. The number of fused-ring (bicyclic) bond motifs is 7. The van der Waals surface area contributed by atoms with Gasteiger partial charge in [-0.1, -0.05) is 58.9 Å². The molecule has 0 aliphatic heterocycles. The molecule has 0 heterocycles. The summed E-state index contributed by atoms with van der Waals surface area (Å²) in [5.74, 6) is -0.0532. The number of nitro groups is 1. The maximum absolute atomic E-state index is 14.3. The van der Waals surface area contributed by atoms with Crippen LogP contribution in [0.4, 0.5) is 17.6 Å². The largest absolute Gasteiger partial charge is 0.481 e. The van der Waals surface area contributed by atoms with E-state index in [-0.39, 0.29) is 45.8 Å². The molecule has 0 amide bonds. The van der Waals surface area contributed by atoms with Crippen LogP contribution in [-0.4, -0.2) is 47.0 Å². The summed E-state index contributed by atoms with van der Waals surface area (Å²) < 4.78 is 56.8. The number of halogens is 4. The predicted molar refractivity (Wildman–Crippen MR) is 186 cm³/mol. The van der Waals surface area contributed by atoms with Gasteiger partial charge in [-0.2, -0.15) is 13.2 Å². The highest BCUT2D eigenvalue weighted by Gasteiger charge is 2.71. The molecule has 0 saturated heterocycles. The molecule has 4 saturated carbocycles. The third-order valence-corrected chi connectivity index (χ3v) is 16.5. The summed E-state index contributed by atoms with van der Waals surface area (Å²) in [6, 6.07) is -2.18. The van der Waals surface area contributed by atoms with E-state index >= 15 is 0 Å². The maximum atomic E-state index is 14.3. The van der Waals surface area contributed by atoms with Gasteiger partial charge in [0.05, 0.1) is 5.41 Å². The van der Waals surface area contributed by atoms with Gasteiger partial charge in [0.25, 0.3) is 0 Å². The summed E-state index contributed by atoms with van der Waals surface area (Å²) in [6.07, 6.45) is 8.33. The van der Waals surface area contributed by atoms with Crippen molar-refractivity contribution in [3.05, 3.63) is 45.6 Å². The van der Waals surface area contributed by atoms with Crippen molar-refractivity contribution in [3.8, 4) is 0 Å². The fourth-order valence-corrected chi connectivity index (χ4v) is 13.8. The lowest BCUT2D eigenvalue weighted by molar-refractivity contribution is -0.491. The van der Waals surface area contributed by atoms with E-state index in [0.717, 1.165) is 50.5 Å². The van der Waals surface area contributed by atoms with Crippen LogP contribution in [0, 0.1) is 66.8 Å². The van der Waals surface area contributed by atoms with Crippen molar-refractivity contribution in [3.63, 3.8) is 0 Å². The van der Waals surface area contributed by atoms with E-state index in [1.807, 2.05) is 13.0 Å². The highest BCUT2D eigenvalue weighted by Crippen LogP contribution is 2.76. The number of hydrogen-bond acceptors (Lipinski definition) is 4. The lowest BCUT2D eigenvalue weighted by atomic mass is 9.33. The number of carboxylic acid groups (broad SMARTS) is 1. The first-order chi connectivity index (χ1) is 23.1. The Morgan fingerprint density at radius 1 is 1.00 bits per heavy atom. The van der Waals surface area contributed by atoms with Crippen LogP contribution < -0.4 is 5.32 Å². The van der Waals surface area contributed by atoms with E-state index in [9.17, 15) is 37.6 Å². The van der Waals surface area contributed by atoms with Crippen molar-refractivity contribution < 1.29 is 32.4 Å². The van der Waals surface area contributed by atoms with E-state index < -0.39 is 47.3 Å². The number of nitrogens with one attached hydrogen (secondary N) is 1. The smallest absolute Gasteiger partial charge is 0.410 e. The molecule has 0 bridgehead atoms. The first-order valence-electron chi connectivity index (χ1n) is 18.9. The molecule has 6 aliphatic rings. The second kappa shape index (κ2) is 12.2. The standard InChI is InChI=1S/C40H58F4N2O4/c1-24(2)26-12-19-39(45-31(22-46(49)50)40(42,43)44)21-20-36(6)28(32(26)39)8-9-30-35(5)15-13-27(34(3,4)29(35)14-16-37(30,36)7)25-10-17-38(23-41,18-11-25)33(47)48/h10,13,26,28-32,45H,1,8-9,11-12,14-23H2,2-7H3,(H,47,48)/t26-,28+,29-,30+,31?,32+,35-,36+,37+,38?,39-/m0/s1. The fourth-order valence-electron chi connectivity index (χ4n) is 13.8. The van der Waals surface area contributed by atoms with Crippen LogP contribution in [0.1, 0.15) is 119 Å². The van der Waals surface area contributed by atoms with Crippen molar-refractivity contribution in [1.29, 1.82) is 0 Å². The Hall–Kier alpha value is -2.23. The Bertz CT molecular complexity index is 1490. The molecule has 11 atom stereocenters. The summed E-state index contributed by atoms with van der Waals surface area (Å²) in [5.41, 5.74) is 1.04. The number of alkyl halides is 4. The minimum absolute atomic E-state index is 0.0102. The second-order valence-electron chi connectivity index (χ2n) is 18.8. The van der Waals surface area contributed by atoms with Crippen LogP contribution in [0.3, 0.4) is 0 Å². The highest BCUT2D eigenvalue weighted by atomic mass is 19.4. The molecule has 2 unspecified atom stereocenters. The van der Waals surface area contributed by atoms with Crippen molar-refractivity contribution >= 4 is 5.97 Å². The molecule has 0 aromatic carbocycles. The van der Waals surface area contributed by atoms with Crippen molar-refractivity contribution in [2.45, 2.75) is 136 Å². The van der Waals surface area contributed by atoms with Gasteiger partial charge < -0.3 is 5.11 Å². The minimum atomic E-state index is -4.72. The second-order valence-corrected chi connectivity index (χ2v) is 18.8. The highest BCUT2D eigenvalue weighted by molar-refractivity contribution is 5.75. The molecule has 6 rings (SSSR count). The van der Waals surface area contributed by atoms with E-state index in [0.29, 0.717) is 37.5 Å². The number of rotatable bonds is 8. The van der Waals surface area contributed by atoms with Gasteiger partial charge in [-0.25, -0.2) is 4.39 Å². The number of nitrogens with zero attached hydrogens (tertiary/aromatic N) is 1. The summed E-state index contributed by atoms with van der Waals surface area (Å²) in [7, 11) is 0. The van der Waals surface area contributed by atoms with Crippen LogP contribution in [0.2, 0.25) is 0 Å². The first kappa shape index (κ1) is 37.5. The molecule has 50 heavy (non-hydrogen) atoms. The Morgan fingerprint density at radius 3 is 2.26 bits per heavy atom. The van der Waals surface area contributed by atoms with E-state index in [4.69, 9.17) is 0 Å². The average molecular weight is 707 g/mol.